The monoisotopic (exact) mass is 457 g/mol. The van der Waals surface area contributed by atoms with E-state index in [1.165, 1.54) is 7.11 Å². The van der Waals surface area contributed by atoms with E-state index < -0.39 is 5.97 Å². The first-order valence-corrected chi connectivity index (χ1v) is 10.9. The third kappa shape index (κ3) is 4.97. The summed E-state index contributed by atoms with van der Waals surface area (Å²) in [7, 11) is 3.06. The number of piperazine rings is 1. The zero-order valence-electron chi connectivity index (χ0n) is 20.0. The number of ether oxygens (including phenoxy) is 3. The maximum atomic E-state index is 13.1. The Kier molecular flexibility index (Phi) is 7.30. The molecule has 9 heteroatoms. The number of esters is 1. The third-order valence-corrected chi connectivity index (χ3v) is 5.68. The van der Waals surface area contributed by atoms with Crippen LogP contribution in [-0.4, -0.2) is 79.1 Å². The van der Waals surface area contributed by atoms with Crippen molar-refractivity contribution in [1.82, 2.24) is 14.8 Å². The molecule has 1 saturated heterocycles. The maximum absolute atomic E-state index is 13.1. The van der Waals surface area contributed by atoms with Gasteiger partial charge >= 0.3 is 5.97 Å². The summed E-state index contributed by atoms with van der Waals surface area (Å²) in [5.74, 6) is 0.269. The molecule has 1 fully saturated rings. The Bertz CT molecular complexity index is 1050. The van der Waals surface area contributed by atoms with Crippen molar-refractivity contribution in [2.45, 2.75) is 33.8 Å². The molecule has 0 aliphatic carbocycles. The first kappa shape index (κ1) is 24.2. The third-order valence-electron chi connectivity index (χ3n) is 5.68. The number of hydrogen-bond acceptors (Lipinski definition) is 6. The van der Waals surface area contributed by atoms with Gasteiger partial charge in [-0.2, -0.15) is 0 Å². The lowest BCUT2D eigenvalue weighted by molar-refractivity contribution is 0.0376. The van der Waals surface area contributed by atoms with Crippen molar-refractivity contribution >= 4 is 17.8 Å². The molecule has 0 spiro atoms. The Morgan fingerprint density at radius 1 is 0.909 bits per heavy atom. The smallest absolute Gasteiger partial charge is 0.340 e. The van der Waals surface area contributed by atoms with Gasteiger partial charge in [0.15, 0.2) is 11.5 Å². The Morgan fingerprint density at radius 3 is 2.03 bits per heavy atom. The van der Waals surface area contributed by atoms with Gasteiger partial charge in [-0.1, -0.05) is 0 Å². The summed E-state index contributed by atoms with van der Waals surface area (Å²) < 4.78 is 15.8. The highest BCUT2D eigenvalue weighted by atomic mass is 16.5. The van der Waals surface area contributed by atoms with Crippen molar-refractivity contribution in [2.75, 3.05) is 40.4 Å². The number of aryl methyl sites for hydroxylation is 1. The van der Waals surface area contributed by atoms with E-state index in [2.05, 4.69) is 4.98 Å². The van der Waals surface area contributed by atoms with Crippen LogP contribution in [0.4, 0.5) is 0 Å². The topological polar surface area (TPSA) is 101 Å². The first-order chi connectivity index (χ1) is 15.7. The SMILES string of the molecule is COc1ccc(C(=O)N2CCN(C(=O)c3[nH]c(C)c(C(=O)OC(C)C)c3C)CC2)cc1OC. The van der Waals surface area contributed by atoms with Gasteiger partial charge in [-0.3, -0.25) is 9.59 Å². The number of amides is 2. The zero-order chi connectivity index (χ0) is 24.3. The van der Waals surface area contributed by atoms with Gasteiger partial charge in [-0.25, -0.2) is 4.79 Å². The van der Waals surface area contributed by atoms with Crippen LogP contribution in [0.1, 0.15) is 56.3 Å². The van der Waals surface area contributed by atoms with Gasteiger partial charge in [0.05, 0.1) is 25.9 Å². The average Bonchev–Trinajstić information content (AvgIpc) is 3.11. The van der Waals surface area contributed by atoms with E-state index in [1.54, 1.807) is 62.8 Å². The van der Waals surface area contributed by atoms with Gasteiger partial charge in [0, 0.05) is 37.4 Å². The number of carbonyl (C=O) groups is 3. The second kappa shape index (κ2) is 9.97. The van der Waals surface area contributed by atoms with Gasteiger partial charge in [0.2, 0.25) is 0 Å². The molecule has 1 aromatic carbocycles. The molecule has 0 bridgehead atoms. The van der Waals surface area contributed by atoms with E-state index in [4.69, 9.17) is 14.2 Å². The predicted octanol–water partition coefficient (Wildman–Crippen LogP) is 2.81. The number of methoxy groups -OCH3 is 2. The highest BCUT2D eigenvalue weighted by Gasteiger charge is 2.30. The number of aromatic amines is 1. The number of rotatable bonds is 6. The molecule has 1 aliphatic rings. The van der Waals surface area contributed by atoms with Gasteiger partial charge < -0.3 is 29.0 Å². The predicted molar refractivity (Wildman–Crippen MR) is 122 cm³/mol. The zero-order valence-corrected chi connectivity index (χ0v) is 20.0. The highest BCUT2D eigenvalue weighted by Crippen LogP contribution is 2.28. The van der Waals surface area contributed by atoms with Crippen molar-refractivity contribution in [3.8, 4) is 11.5 Å². The quantitative estimate of drug-likeness (QED) is 0.670. The van der Waals surface area contributed by atoms with Crippen molar-refractivity contribution in [1.29, 1.82) is 0 Å². The van der Waals surface area contributed by atoms with Crippen molar-refractivity contribution in [3.63, 3.8) is 0 Å². The number of nitrogens with zero attached hydrogens (tertiary/aromatic N) is 2. The summed E-state index contributed by atoms with van der Waals surface area (Å²) in [6.45, 7) is 8.64. The van der Waals surface area contributed by atoms with Crippen LogP contribution in [0.3, 0.4) is 0 Å². The number of hydrogen-bond donors (Lipinski definition) is 1. The van der Waals surface area contributed by atoms with Gasteiger partial charge in [-0.05, 0) is 51.5 Å². The summed E-state index contributed by atoms with van der Waals surface area (Å²) in [4.78, 5) is 45.0. The van der Waals surface area contributed by atoms with E-state index in [9.17, 15) is 14.4 Å². The van der Waals surface area contributed by atoms with Gasteiger partial charge in [0.25, 0.3) is 11.8 Å². The van der Waals surface area contributed by atoms with Gasteiger partial charge in [0.1, 0.15) is 5.69 Å². The Balaban J connectivity index is 1.68. The summed E-state index contributed by atoms with van der Waals surface area (Å²) >= 11 is 0. The van der Waals surface area contributed by atoms with Crippen molar-refractivity contribution in [3.05, 3.63) is 46.3 Å². The summed E-state index contributed by atoms with van der Waals surface area (Å²) in [6.07, 6.45) is -0.248. The molecule has 2 amide bonds. The van der Waals surface area contributed by atoms with E-state index >= 15 is 0 Å². The van der Waals surface area contributed by atoms with Crippen molar-refractivity contribution in [2.24, 2.45) is 0 Å². The molecule has 1 aliphatic heterocycles. The maximum Gasteiger partial charge on any atom is 0.340 e. The van der Waals surface area contributed by atoms with Crippen LogP contribution in [0, 0.1) is 13.8 Å². The van der Waals surface area contributed by atoms with Crippen LogP contribution in [0.25, 0.3) is 0 Å². The minimum Gasteiger partial charge on any atom is -0.493 e. The summed E-state index contributed by atoms with van der Waals surface area (Å²) in [5, 5.41) is 0. The second-order valence-electron chi connectivity index (χ2n) is 8.23. The van der Waals surface area contributed by atoms with Crippen LogP contribution >= 0.6 is 0 Å². The fraction of sp³-hybridized carbons (Fsp3) is 0.458. The fourth-order valence-electron chi connectivity index (χ4n) is 3.97. The molecule has 2 aromatic rings. The highest BCUT2D eigenvalue weighted by molar-refractivity contribution is 6.01. The number of benzene rings is 1. The van der Waals surface area contributed by atoms with E-state index in [-0.39, 0.29) is 17.9 Å². The van der Waals surface area contributed by atoms with Crippen LogP contribution < -0.4 is 9.47 Å². The lowest BCUT2D eigenvalue weighted by atomic mass is 10.1. The lowest BCUT2D eigenvalue weighted by Gasteiger charge is -2.34. The van der Waals surface area contributed by atoms with Crippen LogP contribution in [0.5, 0.6) is 11.5 Å². The van der Waals surface area contributed by atoms with E-state index in [0.29, 0.717) is 65.8 Å². The molecule has 2 heterocycles. The normalized spacial score (nSPS) is 13.8. The largest absolute Gasteiger partial charge is 0.493 e. The molecule has 0 unspecified atom stereocenters. The standard InChI is InChI=1S/C24H31N3O6/c1-14(2)33-24(30)20-15(3)21(25-16(20)4)23(29)27-11-9-26(10-12-27)22(28)17-7-8-18(31-5)19(13-17)32-6/h7-8,13-14,25H,9-12H2,1-6H3. The van der Waals surface area contributed by atoms with Crippen LogP contribution in [0.2, 0.25) is 0 Å². The van der Waals surface area contributed by atoms with E-state index in [0.717, 1.165) is 0 Å². The summed E-state index contributed by atoms with van der Waals surface area (Å²) in [6, 6.07) is 5.05. The Morgan fingerprint density at radius 2 is 1.48 bits per heavy atom. The number of H-pyrrole nitrogens is 1. The lowest BCUT2D eigenvalue weighted by Crippen LogP contribution is -2.50. The van der Waals surface area contributed by atoms with Crippen LogP contribution in [-0.2, 0) is 4.74 Å². The molecular weight excluding hydrogens is 426 g/mol. The Hall–Kier alpha value is -3.49. The van der Waals surface area contributed by atoms with Crippen molar-refractivity contribution < 1.29 is 28.6 Å². The number of carbonyl (C=O) groups excluding carboxylic acids is 3. The molecule has 0 saturated carbocycles. The van der Waals surface area contributed by atoms with Gasteiger partial charge in [-0.15, -0.1) is 0 Å². The summed E-state index contributed by atoms with van der Waals surface area (Å²) in [5.41, 5.74) is 2.45. The Labute approximate surface area is 193 Å². The second-order valence-corrected chi connectivity index (χ2v) is 8.23. The molecule has 0 radical (unpaired) electrons. The molecule has 178 valence electrons. The average molecular weight is 458 g/mol. The molecule has 0 atom stereocenters. The molecule has 1 aromatic heterocycles. The minimum atomic E-state index is -0.444. The molecule has 33 heavy (non-hydrogen) atoms. The van der Waals surface area contributed by atoms with Crippen LogP contribution in [0.15, 0.2) is 18.2 Å². The minimum absolute atomic E-state index is 0.131. The first-order valence-electron chi connectivity index (χ1n) is 10.9. The number of aromatic nitrogens is 1. The van der Waals surface area contributed by atoms with E-state index in [1.807, 2.05) is 0 Å². The molecular formula is C24H31N3O6. The molecule has 9 nitrogen and oxygen atoms in total. The molecule has 1 N–H and O–H groups in total. The fourth-order valence-corrected chi connectivity index (χ4v) is 3.97. The molecule has 3 rings (SSSR count). The number of nitrogens with one attached hydrogen (secondary N) is 1.